The van der Waals surface area contributed by atoms with Crippen LogP contribution in [0.5, 0.6) is 17.2 Å². The van der Waals surface area contributed by atoms with Gasteiger partial charge in [-0.1, -0.05) is 0 Å². The molecule has 1 aromatic carbocycles. The Morgan fingerprint density at radius 3 is 2.47 bits per heavy atom. The Morgan fingerprint density at radius 1 is 1.41 bits per heavy atom. The van der Waals surface area contributed by atoms with Crippen LogP contribution in [-0.2, 0) is 0 Å². The van der Waals surface area contributed by atoms with Crippen LogP contribution in [0.4, 0.5) is 5.69 Å². The summed E-state index contributed by atoms with van der Waals surface area (Å²) in [7, 11) is 0. The van der Waals surface area contributed by atoms with Crippen molar-refractivity contribution in [2.24, 2.45) is 0 Å². The smallest absolute Gasteiger partial charge is 0.353 e. The SMILES string of the molecule is CCNC(=O)c1c(O)cc(O)c([N+](=O)[O-])c1O. The highest BCUT2D eigenvalue weighted by Crippen LogP contribution is 2.42. The van der Waals surface area contributed by atoms with Gasteiger partial charge in [-0.25, -0.2) is 0 Å². The summed E-state index contributed by atoms with van der Waals surface area (Å²) in [5, 5.41) is 40.9. The third-order valence-electron chi connectivity index (χ3n) is 1.98. The number of phenols is 3. The van der Waals surface area contributed by atoms with E-state index in [-0.39, 0.29) is 6.54 Å². The van der Waals surface area contributed by atoms with E-state index in [9.17, 15) is 30.2 Å². The lowest BCUT2D eigenvalue weighted by atomic mass is 10.1. The van der Waals surface area contributed by atoms with Gasteiger partial charge in [0.25, 0.3) is 5.91 Å². The molecular formula is C9H10N2O6. The van der Waals surface area contributed by atoms with Crippen LogP contribution in [0.15, 0.2) is 6.07 Å². The summed E-state index contributed by atoms with van der Waals surface area (Å²) in [5.74, 6) is -3.60. The van der Waals surface area contributed by atoms with Crippen molar-refractivity contribution >= 4 is 11.6 Å². The van der Waals surface area contributed by atoms with Gasteiger partial charge in [0.1, 0.15) is 11.3 Å². The first-order valence-electron chi connectivity index (χ1n) is 4.60. The number of phenolic OH excluding ortho intramolecular Hbond substituents is 3. The van der Waals surface area contributed by atoms with Crippen molar-refractivity contribution in [1.82, 2.24) is 5.32 Å². The van der Waals surface area contributed by atoms with Gasteiger partial charge in [0.05, 0.1) is 4.92 Å². The lowest BCUT2D eigenvalue weighted by Gasteiger charge is -2.08. The molecule has 0 unspecified atom stereocenters. The number of carbonyl (C=O) groups is 1. The molecule has 8 heteroatoms. The van der Waals surface area contributed by atoms with E-state index in [2.05, 4.69) is 5.32 Å². The van der Waals surface area contributed by atoms with Gasteiger partial charge in [-0.3, -0.25) is 14.9 Å². The quantitative estimate of drug-likeness (QED) is 0.449. The van der Waals surface area contributed by atoms with Gasteiger partial charge in [0.15, 0.2) is 0 Å². The average molecular weight is 242 g/mol. The maximum Gasteiger partial charge on any atom is 0.353 e. The molecule has 4 N–H and O–H groups in total. The minimum Gasteiger partial charge on any atom is -0.507 e. The van der Waals surface area contributed by atoms with Crippen molar-refractivity contribution in [2.45, 2.75) is 6.92 Å². The topological polar surface area (TPSA) is 133 Å². The summed E-state index contributed by atoms with van der Waals surface area (Å²) < 4.78 is 0. The van der Waals surface area contributed by atoms with Gasteiger partial charge >= 0.3 is 5.69 Å². The first kappa shape index (κ1) is 12.6. The standard InChI is InChI=1S/C9H10N2O6/c1-2-10-9(15)6-4(12)3-5(13)7(8(6)14)11(16)17/h3,12-14H,2H2,1H3,(H,10,15). The van der Waals surface area contributed by atoms with Crippen LogP contribution < -0.4 is 5.32 Å². The van der Waals surface area contributed by atoms with Crippen molar-refractivity contribution in [3.8, 4) is 17.2 Å². The monoisotopic (exact) mass is 242 g/mol. The van der Waals surface area contributed by atoms with Gasteiger partial charge in [-0.15, -0.1) is 0 Å². The fourth-order valence-corrected chi connectivity index (χ4v) is 1.28. The maximum atomic E-state index is 11.4. The highest BCUT2D eigenvalue weighted by Gasteiger charge is 2.29. The van der Waals surface area contributed by atoms with E-state index in [4.69, 9.17) is 0 Å². The molecule has 0 aliphatic carbocycles. The number of hydrogen-bond donors (Lipinski definition) is 4. The first-order valence-corrected chi connectivity index (χ1v) is 4.60. The third kappa shape index (κ3) is 2.19. The van der Waals surface area contributed by atoms with E-state index in [0.717, 1.165) is 0 Å². The van der Waals surface area contributed by atoms with Gasteiger partial charge < -0.3 is 20.6 Å². The summed E-state index contributed by atoms with van der Waals surface area (Å²) in [4.78, 5) is 20.9. The van der Waals surface area contributed by atoms with Crippen LogP contribution in [0.3, 0.4) is 0 Å². The number of rotatable bonds is 3. The Kier molecular flexibility index (Phi) is 3.37. The van der Waals surface area contributed by atoms with E-state index in [1.54, 1.807) is 6.92 Å². The van der Waals surface area contributed by atoms with Crippen molar-refractivity contribution < 1.29 is 25.0 Å². The van der Waals surface area contributed by atoms with Crippen LogP contribution in [0.25, 0.3) is 0 Å². The summed E-state index contributed by atoms with van der Waals surface area (Å²) in [6, 6.07) is 0.627. The van der Waals surface area contributed by atoms with Crippen molar-refractivity contribution in [1.29, 1.82) is 0 Å². The van der Waals surface area contributed by atoms with E-state index in [1.165, 1.54) is 0 Å². The number of nitrogens with zero attached hydrogens (tertiary/aromatic N) is 1. The highest BCUT2D eigenvalue weighted by atomic mass is 16.6. The number of nitro benzene ring substituents is 1. The second kappa shape index (κ2) is 4.56. The van der Waals surface area contributed by atoms with E-state index < -0.39 is 39.3 Å². The second-order valence-electron chi connectivity index (χ2n) is 3.10. The molecule has 0 fully saturated rings. The lowest BCUT2D eigenvalue weighted by molar-refractivity contribution is -0.386. The minimum atomic E-state index is -1.07. The summed E-state index contributed by atoms with van der Waals surface area (Å²) in [6.45, 7) is 1.81. The van der Waals surface area contributed by atoms with Crippen molar-refractivity contribution in [2.75, 3.05) is 6.54 Å². The molecule has 0 aromatic heterocycles. The zero-order valence-corrected chi connectivity index (χ0v) is 8.80. The minimum absolute atomic E-state index is 0.215. The molecule has 0 aliphatic heterocycles. The lowest BCUT2D eigenvalue weighted by Crippen LogP contribution is -2.23. The predicted molar refractivity (Wildman–Crippen MR) is 56.1 cm³/mol. The number of carbonyl (C=O) groups excluding carboxylic acids is 1. The Hall–Kier alpha value is -2.51. The Balaban J connectivity index is 3.46. The summed E-state index contributed by atoms with van der Waals surface area (Å²) >= 11 is 0. The number of nitrogens with one attached hydrogen (secondary N) is 1. The van der Waals surface area contributed by atoms with Crippen LogP contribution >= 0.6 is 0 Å². The fourth-order valence-electron chi connectivity index (χ4n) is 1.28. The molecule has 1 aromatic rings. The molecule has 0 aliphatic rings. The summed E-state index contributed by atoms with van der Waals surface area (Å²) in [6.07, 6.45) is 0. The average Bonchev–Trinajstić information content (AvgIpc) is 2.15. The largest absolute Gasteiger partial charge is 0.507 e. The van der Waals surface area contributed by atoms with Gasteiger partial charge in [-0.05, 0) is 6.92 Å². The molecule has 17 heavy (non-hydrogen) atoms. The predicted octanol–water partition coefficient (Wildman–Crippen LogP) is 0.461. The van der Waals surface area contributed by atoms with Crippen LogP contribution in [0.2, 0.25) is 0 Å². The van der Waals surface area contributed by atoms with Crippen molar-refractivity contribution in [3.63, 3.8) is 0 Å². The number of hydrogen-bond acceptors (Lipinski definition) is 6. The Bertz CT molecular complexity index is 485. The molecule has 0 radical (unpaired) electrons. The first-order chi connectivity index (χ1) is 7.90. The molecular weight excluding hydrogens is 232 g/mol. The van der Waals surface area contributed by atoms with E-state index >= 15 is 0 Å². The number of aromatic hydroxyl groups is 3. The number of nitro groups is 1. The van der Waals surface area contributed by atoms with Crippen LogP contribution in [0.1, 0.15) is 17.3 Å². The zero-order valence-electron chi connectivity index (χ0n) is 8.80. The van der Waals surface area contributed by atoms with E-state index in [0.29, 0.717) is 6.07 Å². The maximum absolute atomic E-state index is 11.4. The van der Waals surface area contributed by atoms with Gasteiger partial charge in [0.2, 0.25) is 11.5 Å². The van der Waals surface area contributed by atoms with Gasteiger partial charge in [-0.2, -0.15) is 0 Å². The number of benzene rings is 1. The Morgan fingerprint density at radius 2 is 2.00 bits per heavy atom. The number of amides is 1. The zero-order chi connectivity index (χ0) is 13.2. The molecule has 92 valence electrons. The molecule has 0 saturated heterocycles. The third-order valence-corrected chi connectivity index (χ3v) is 1.98. The molecule has 0 bridgehead atoms. The molecule has 1 amide bonds. The molecule has 0 atom stereocenters. The fraction of sp³-hybridized carbons (Fsp3) is 0.222. The molecule has 0 saturated carbocycles. The van der Waals surface area contributed by atoms with Crippen molar-refractivity contribution in [3.05, 3.63) is 21.7 Å². The molecule has 8 nitrogen and oxygen atoms in total. The molecule has 1 rings (SSSR count). The van der Waals surface area contributed by atoms with Gasteiger partial charge in [0, 0.05) is 12.6 Å². The highest BCUT2D eigenvalue weighted by molar-refractivity contribution is 6.01. The second-order valence-corrected chi connectivity index (χ2v) is 3.10. The Labute approximate surface area is 95.3 Å². The normalized spacial score (nSPS) is 9.94. The van der Waals surface area contributed by atoms with E-state index in [1.807, 2.05) is 0 Å². The molecule has 0 heterocycles. The van der Waals surface area contributed by atoms with Crippen LogP contribution in [0, 0.1) is 10.1 Å². The molecule has 0 spiro atoms. The van der Waals surface area contributed by atoms with Crippen LogP contribution in [-0.4, -0.2) is 32.7 Å². The summed E-state index contributed by atoms with van der Waals surface area (Å²) in [5.41, 5.74) is -1.67.